The lowest BCUT2D eigenvalue weighted by Gasteiger charge is -2.37. The van der Waals surface area contributed by atoms with Crippen LogP contribution in [-0.4, -0.2) is 34.4 Å². The molecule has 2 aliphatic heterocycles. The predicted molar refractivity (Wildman–Crippen MR) is 90.5 cm³/mol. The van der Waals surface area contributed by atoms with Gasteiger partial charge in [0.15, 0.2) is 0 Å². The minimum Gasteiger partial charge on any atom is -0.334 e. The lowest BCUT2D eigenvalue weighted by atomic mass is 9.84. The molecule has 1 amide bonds. The summed E-state index contributed by atoms with van der Waals surface area (Å²) in [4.78, 5) is 19.3. The molecule has 0 spiro atoms. The third-order valence-electron chi connectivity index (χ3n) is 5.10. The van der Waals surface area contributed by atoms with Crippen LogP contribution in [0.2, 0.25) is 0 Å². The first-order chi connectivity index (χ1) is 11.0. The van der Waals surface area contributed by atoms with Gasteiger partial charge in [0.25, 0.3) is 0 Å². The fourth-order valence-corrected chi connectivity index (χ4v) is 3.60. The first kappa shape index (κ1) is 16.4. The highest BCUT2D eigenvalue weighted by molar-refractivity contribution is 5.82. The van der Waals surface area contributed by atoms with Gasteiger partial charge < -0.3 is 4.90 Å². The molecule has 2 N–H and O–H groups in total. The average Bonchev–Trinajstić information content (AvgIpc) is 3.05. The Kier molecular flexibility index (Phi) is 4.69. The molecular weight excluding hydrogens is 288 g/mol. The standard InChI is InChI=1S/C18H28N4O/c1-18(2,3)16-11-14(20-21-16)17(23)22-10-5-4-8-15(22)13-7-6-9-19-12-13/h6-7,9,12,14-16,20-21H,4-5,8,10-11H2,1-3H3/t14?,15-,16?/m1/s1. The van der Waals surface area contributed by atoms with E-state index >= 15 is 0 Å². The highest BCUT2D eigenvalue weighted by Crippen LogP contribution is 2.32. The Bertz CT molecular complexity index is 540. The molecule has 5 heteroatoms. The van der Waals surface area contributed by atoms with Crippen molar-refractivity contribution in [3.8, 4) is 0 Å². The topological polar surface area (TPSA) is 57.3 Å². The first-order valence-corrected chi connectivity index (χ1v) is 8.68. The van der Waals surface area contributed by atoms with Crippen LogP contribution in [0.25, 0.3) is 0 Å². The van der Waals surface area contributed by atoms with Crippen LogP contribution < -0.4 is 10.9 Å². The Balaban J connectivity index is 1.73. The van der Waals surface area contributed by atoms with Crippen LogP contribution in [0.5, 0.6) is 0 Å². The summed E-state index contributed by atoms with van der Waals surface area (Å²) in [7, 11) is 0. The van der Waals surface area contributed by atoms with E-state index in [1.165, 1.54) is 6.42 Å². The molecule has 0 aliphatic carbocycles. The predicted octanol–water partition coefficient (Wildman–Crippen LogP) is 2.42. The Morgan fingerprint density at radius 3 is 2.78 bits per heavy atom. The third-order valence-corrected chi connectivity index (χ3v) is 5.10. The number of aromatic nitrogens is 1. The van der Waals surface area contributed by atoms with Crippen LogP contribution in [-0.2, 0) is 4.79 Å². The van der Waals surface area contributed by atoms with Crippen molar-refractivity contribution in [1.82, 2.24) is 20.7 Å². The van der Waals surface area contributed by atoms with Crippen molar-refractivity contribution in [1.29, 1.82) is 0 Å². The SMILES string of the molecule is CC(C)(C)C1CC(C(=O)N2CCCC[C@@H]2c2cccnc2)NN1. The number of nitrogens with one attached hydrogen (secondary N) is 2. The summed E-state index contributed by atoms with van der Waals surface area (Å²) in [6.45, 7) is 7.46. The van der Waals surface area contributed by atoms with E-state index in [9.17, 15) is 4.79 Å². The highest BCUT2D eigenvalue weighted by Gasteiger charge is 2.39. The molecule has 3 heterocycles. The van der Waals surface area contributed by atoms with Crippen LogP contribution >= 0.6 is 0 Å². The summed E-state index contributed by atoms with van der Waals surface area (Å²) in [5.74, 6) is 0.220. The molecule has 5 nitrogen and oxygen atoms in total. The number of hydrogen-bond donors (Lipinski definition) is 2. The van der Waals surface area contributed by atoms with Crippen molar-refractivity contribution in [3.05, 3.63) is 30.1 Å². The van der Waals surface area contributed by atoms with Gasteiger partial charge in [-0.05, 0) is 42.7 Å². The zero-order valence-corrected chi connectivity index (χ0v) is 14.4. The minimum atomic E-state index is -0.128. The van der Waals surface area contributed by atoms with Gasteiger partial charge in [-0.25, -0.2) is 5.43 Å². The van der Waals surface area contributed by atoms with Gasteiger partial charge in [0.1, 0.15) is 6.04 Å². The van der Waals surface area contributed by atoms with Crippen LogP contribution in [0, 0.1) is 5.41 Å². The van der Waals surface area contributed by atoms with Crippen LogP contribution in [0.15, 0.2) is 24.5 Å². The van der Waals surface area contributed by atoms with Crippen molar-refractivity contribution in [2.45, 2.75) is 64.6 Å². The average molecular weight is 316 g/mol. The second-order valence-electron chi connectivity index (χ2n) is 7.83. The van der Waals surface area contributed by atoms with Crippen molar-refractivity contribution in [2.24, 2.45) is 5.41 Å². The van der Waals surface area contributed by atoms with Gasteiger partial charge in [-0.15, -0.1) is 0 Å². The smallest absolute Gasteiger partial charge is 0.241 e. The monoisotopic (exact) mass is 316 g/mol. The summed E-state index contributed by atoms with van der Waals surface area (Å²) < 4.78 is 0. The van der Waals surface area contributed by atoms with E-state index in [4.69, 9.17) is 0 Å². The molecule has 126 valence electrons. The number of hydrazine groups is 1. The normalized spacial score (nSPS) is 28.8. The van der Waals surface area contributed by atoms with E-state index in [0.29, 0.717) is 6.04 Å². The molecule has 2 unspecified atom stereocenters. The van der Waals surface area contributed by atoms with E-state index in [1.54, 1.807) is 6.20 Å². The molecule has 23 heavy (non-hydrogen) atoms. The Labute approximate surface area is 138 Å². The maximum atomic E-state index is 13.1. The van der Waals surface area contributed by atoms with E-state index in [-0.39, 0.29) is 23.4 Å². The van der Waals surface area contributed by atoms with Crippen LogP contribution in [0.4, 0.5) is 0 Å². The highest BCUT2D eigenvalue weighted by atomic mass is 16.2. The number of rotatable bonds is 2. The zero-order chi connectivity index (χ0) is 16.4. The van der Waals surface area contributed by atoms with Gasteiger partial charge in [-0.3, -0.25) is 15.2 Å². The van der Waals surface area contributed by atoms with Crippen molar-refractivity contribution in [2.75, 3.05) is 6.54 Å². The molecule has 2 aliphatic rings. The number of piperidine rings is 1. The van der Waals surface area contributed by atoms with E-state index in [2.05, 4.69) is 47.6 Å². The van der Waals surface area contributed by atoms with Gasteiger partial charge in [0.2, 0.25) is 5.91 Å². The number of hydrogen-bond acceptors (Lipinski definition) is 4. The van der Waals surface area contributed by atoms with Gasteiger partial charge in [0.05, 0.1) is 6.04 Å². The Hall–Kier alpha value is -1.46. The van der Waals surface area contributed by atoms with E-state index in [1.807, 2.05) is 12.3 Å². The summed E-state index contributed by atoms with van der Waals surface area (Å²) in [5.41, 5.74) is 7.83. The third kappa shape index (κ3) is 3.56. The number of amides is 1. The first-order valence-electron chi connectivity index (χ1n) is 8.68. The molecule has 1 aromatic heterocycles. The maximum Gasteiger partial charge on any atom is 0.241 e. The maximum absolute atomic E-state index is 13.1. The fourth-order valence-electron chi connectivity index (χ4n) is 3.60. The quantitative estimate of drug-likeness (QED) is 0.880. The molecule has 0 bridgehead atoms. The summed E-state index contributed by atoms with van der Waals surface area (Å²) in [6.07, 6.45) is 7.82. The molecule has 0 aromatic carbocycles. The zero-order valence-electron chi connectivity index (χ0n) is 14.4. The second kappa shape index (κ2) is 6.57. The Morgan fingerprint density at radius 1 is 1.30 bits per heavy atom. The second-order valence-corrected chi connectivity index (χ2v) is 7.83. The van der Waals surface area contributed by atoms with E-state index < -0.39 is 0 Å². The number of pyridine rings is 1. The van der Waals surface area contributed by atoms with Gasteiger partial charge in [0, 0.05) is 25.0 Å². The molecular formula is C18H28N4O. The van der Waals surface area contributed by atoms with Crippen LogP contribution in [0.3, 0.4) is 0 Å². The molecule has 1 aromatic rings. The molecule has 0 saturated carbocycles. The fraction of sp³-hybridized carbons (Fsp3) is 0.667. The summed E-state index contributed by atoms with van der Waals surface area (Å²) >= 11 is 0. The number of carbonyl (C=O) groups is 1. The molecule has 2 saturated heterocycles. The summed E-state index contributed by atoms with van der Waals surface area (Å²) in [5, 5.41) is 0. The number of carbonyl (C=O) groups excluding carboxylic acids is 1. The molecule has 3 rings (SSSR count). The van der Waals surface area contributed by atoms with Crippen LogP contribution in [0.1, 0.15) is 58.1 Å². The number of likely N-dealkylation sites (tertiary alicyclic amines) is 1. The van der Waals surface area contributed by atoms with Gasteiger partial charge in [-0.1, -0.05) is 26.8 Å². The largest absolute Gasteiger partial charge is 0.334 e. The Morgan fingerprint density at radius 2 is 2.13 bits per heavy atom. The molecule has 3 atom stereocenters. The van der Waals surface area contributed by atoms with Gasteiger partial charge in [-0.2, -0.15) is 0 Å². The van der Waals surface area contributed by atoms with E-state index in [0.717, 1.165) is 31.4 Å². The van der Waals surface area contributed by atoms with Crippen molar-refractivity contribution in [3.63, 3.8) is 0 Å². The minimum absolute atomic E-state index is 0.128. The summed E-state index contributed by atoms with van der Waals surface area (Å²) in [6, 6.07) is 4.40. The molecule has 0 radical (unpaired) electrons. The van der Waals surface area contributed by atoms with Gasteiger partial charge >= 0.3 is 0 Å². The van der Waals surface area contributed by atoms with Crippen molar-refractivity contribution < 1.29 is 4.79 Å². The molecule has 2 fully saturated rings. The van der Waals surface area contributed by atoms with Crippen molar-refractivity contribution >= 4 is 5.91 Å². The lowest BCUT2D eigenvalue weighted by molar-refractivity contribution is -0.137. The number of nitrogens with zero attached hydrogens (tertiary/aromatic N) is 2. The lowest BCUT2D eigenvalue weighted by Crippen LogP contribution is -2.48.